The molecular weight excluding hydrogens is 1700 g/mol. The monoisotopic (exact) mass is 1820 g/mol. The summed E-state index contributed by atoms with van der Waals surface area (Å²) in [6, 6.07) is 11.0. The molecule has 7 rings (SSSR count). The van der Waals surface area contributed by atoms with E-state index in [0.717, 1.165) is 18.8 Å². The molecule has 0 aliphatic rings. The van der Waals surface area contributed by atoms with Crippen molar-refractivity contribution in [1.29, 1.82) is 0 Å². The van der Waals surface area contributed by atoms with E-state index in [4.69, 9.17) is 57.2 Å². The fraction of sp³-hybridized carbons (Fsp3) is 0.481. The summed E-state index contributed by atoms with van der Waals surface area (Å²) in [5.41, 5.74) is 18.9. The van der Waals surface area contributed by atoms with Crippen molar-refractivity contribution in [2.24, 2.45) is 0 Å². The van der Waals surface area contributed by atoms with E-state index < -0.39 is 120 Å². The summed E-state index contributed by atoms with van der Waals surface area (Å²) in [5.74, 6) is 0. The standard InChI is InChI=1S/2C12H18N2O5S.C11H15FN2O2.C11H16N2O3.C10H18O5.2C6H7FN2.C6H8N2O.C2H6.CH3ClO2S.2CH4/c2*1-12(2,3)19-11(15)14-10-5-6-13-7-9(10)8-18-20(4,16)17;1-11(2,3)16-10(15)14-9-4-5-13-7-8(9)6-12;1-11(2,3)16-10(15)13-9-4-5-12-6-8(9)7-14;1-9(2,3)14-7(11)13-8(12)15-10(4,5)6;2*7-3-5-4-9-2-1-6(5)8;7-6-1-2-8-3-5(6)4-9;1-2;1-5(2,3)4;;/h2*5-7H,8H2,1-4H3,(H,13,14,15);4-5,7H,6H2,1-3H3,(H,13,14,15);4-6,14H,7H2,1-3H3,(H,12,13,15);1-6H3;2*1-2,4H,3H2,(H2,8,9);1-3,9H,4H2,(H2,7,8);1-2H3;1H3;2*1H4/i;;12-1;;;2*7-1;;1D;;;. The van der Waals surface area contributed by atoms with Crippen LogP contribution in [0.4, 0.5) is 81.8 Å². The number of carbonyl (C=O) groups excluding carboxylic acids is 6. The van der Waals surface area contributed by atoms with E-state index in [1.807, 2.05) is 0 Å². The molecule has 7 aromatic heterocycles. The maximum absolute atomic E-state index is 12.5. The zero-order valence-corrected chi connectivity index (χ0v) is 75.1. The number of hydrogen-bond donors (Lipinski definition) is 9. The van der Waals surface area contributed by atoms with Crippen molar-refractivity contribution in [1.82, 2.24) is 34.9 Å². The topological polar surface area (TPSA) is 545 Å². The van der Waals surface area contributed by atoms with Crippen molar-refractivity contribution in [2.75, 3.05) is 57.2 Å². The van der Waals surface area contributed by atoms with Crippen molar-refractivity contribution in [3.63, 3.8) is 0 Å². The first-order valence-corrected chi connectivity index (χ1v) is 41.9. The Hall–Kier alpha value is -11.0. The third-order valence-electron chi connectivity index (χ3n) is 11.6. The molecule has 0 aliphatic heterocycles. The van der Waals surface area contributed by atoms with Crippen LogP contribution in [-0.2, 0) is 117 Å². The maximum Gasteiger partial charge on any atom is 0.519 e. The Bertz CT molecular complexity index is 4350. The van der Waals surface area contributed by atoms with Gasteiger partial charge < -0.3 is 60.6 Å². The van der Waals surface area contributed by atoms with Crippen molar-refractivity contribution < 1.29 is 120 Å². The molecule has 44 heteroatoms. The van der Waals surface area contributed by atoms with Crippen LogP contribution in [0.5, 0.6) is 0 Å². The highest BCUT2D eigenvalue weighted by atomic mass is 35.7. The first kappa shape index (κ1) is 118. The summed E-state index contributed by atoms with van der Waals surface area (Å²) in [5, 5.41) is 27.7. The molecule has 0 atom stereocenters. The van der Waals surface area contributed by atoms with Gasteiger partial charge in [0.05, 0.1) is 67.9 Å². The number of aromatic nitrogens is 7. The minimum Gasteiger partial charge on any atom is -0.444 e. The molecular formula is C79H124ClF3N14O23S3. The number of carbonyl (C=O) groups is 6. The van der Waals surface area contributed by atoms with Crippen LogP contribution in [0, 0.1) is 0 Å². The lowest BCUT2D eigenvalue weighted by Gasteiger charge is -2.20. The van der Waals surface area contributed by atoms with E-state index >= 15 is 0 Å². The number of rotatable bonds is 15. The Balaban J connectivity index is -0.000000434. The molecule has 0 bridgehead atoms. The molecule has 0 radical (unpaired) electrons. The van der Waals surface area contributed by atoms with Gasteiger partial charge in [0.1, 0.15) is 53.6 Å². The number of aliphatic hydroxyl groups is 2. The van der Waals surface area contributed by atoms with Gasteiger partial charge in [0.25, 0.3) is 20.2 Å². The van der Waals surface area contributed by atoms with Gasteiger partial charge in [0.15, 0.2) is 0 Å². The number of ether oxygens (including phenoxy) is 7. The summed E-state index contributed by atoms with van der Waals surface area (Å²) in [4.78, 5) is 94.7. The van der Waals surface area contributed by atoms with Crippen molar-refractivity contribution >= 4 is 116 Å². The average molecular weight is 1820 g/mol. The van der Waals surface area contributed by atoms with Crippen LogP contribution in [0.3, 0.4) is 0 Å². The number of hydrogen-bond acceptors (Lipinski definition) is 33. The number of amides is 4. The minimum absolute atomic E-state index is 0. The predicted molar refractivity (Wildman–Crippen MR) is 467 cm³/mol. The zero-order valence-electron chi connectivity index (χ0n) is 72.8. The molecule has 4 amide bonds. The van der Waals surface area contributed by atoms with Gasteiger partial charge in [-0.05, 0) is 167 Å². The lowest BCUT2D eigenvalue weighted by molar-refractivity contribution is -0.0295. The lowest BCUT2D eigenvalue weighted by atomic mass is 10.2. The molecule has 0 spiro atoms. The first-order chi connectivity index (χ1) is 55.9. The smallest absolute Gasteiger partial charge is 0.444 e. The lowest BCUT2D eigenvalue weighted by Crippen LogP contribution is -2.29. The highest BCUT2D eigenvalue weighted by Crippen LogP contribution is 2.23. The SMILES string of the molecule is C.C.CC(C)(C)OC(=O)Nc1ccncc1CO.CC(C)(C)OC(=O)Nc1ccncc1COS(C)(=O)=O.CC(C)(C)OC(=O)Nc1ccncc1COS(C)(=O)=O.CC(C)(C)OC(=O)Nc1ccncc1C[18F].CC(C)(C)OC(=O)OC(=O)OC(C)(C)C.CS(=O)(=O)Cl.Nc1ccncc1CO.Nc1ccncc1C[18F].Nc1ccncc1C[18F].[2H]CC. The largest absolute Gasteiger partial charge is 0.519 e. The molecule has 0 saturated heterocycles. The van der Waals surface area contributed by atoms with E-state index in [2.05, 4.69) is 79.9 Å². The quantitative estimate of drug-likeness (QED) is 0.0151. The second-order valence-electron chi connectivity index (χ2n) is 29.7. The Labute approximate surface area is 726 Å². The number of alkyl halides is 3. The maximum atomic E-state index is 12.5. The summed E-state index contributed by atoms with van der Waals surface area (Å²) >= 11 is 0. The van der Waals surface area contributed by atoms with Crippen LogP contribution in [-0.4, -0.2) is 159 Å². The highest BCUT2D eigenvalue weighted by Gasteiger charge is 2.26. The number of anilines is 7. The zero-order chi connectivity index (χ0) is 94.7. The fourth-order valence-electron chi connectivity index (χ4n) is 6.93. The molecule has 7 heterocycles. The second kappa shape index (κ2) is 58.9. The summed E-state index contributed by atoms with van der Waals surface area (Å²) in [6.45, 7) is 31.0. The molecule has 0 aliphatic carbocycles. The Morgan fingerprint density at radius 1 is 0.382 bits per heavy atom. The third kappa shape index (κ3) is 69.3. The molecule has 0 aromatic carbocycles. The Morgan fingerprint density at radius 2 is 0.577 bits per heavy atom. The molecule has 694 valence electrons. The Kier molecular flexibility index (Phi) is 56.7. The molecule has 0 fully saturated rings. The Morgan fingerprint density at radius 3 is 0.772 bits per heavy atom. The number of nitrogens with two attached hydrogens (primary N) is 3. The van der Waals surface area contributed by atoms with Gasteiger partial charge in [-0.3, -0.25) is 64.5 Å². The number of nitrogens with one attached hydrogen (secondary N) is 4. The fourth-order valence-corrected chi connectivity index (χ4v) is 7.62. The van der Waals surface area contributed by atoms with Crippen molar-refractivity contribution in [3.05, 3.63) is 168 Å². The van der Waals surface area contributed by atoms with Crippen molar-refractivity contribution in [3.8, 4) is 0 Å². The minimum atomic E-state index is -3.57. The molecule has 37 nitrogen and oxygen atoms in total. The van der Waals surface area contributed by atoms with Crippen LogP contribution >= 0.6 is 10.7 Å². The van der Waals surface area contributed by atoms with Crippen LogP contribution < -0.4 is 38.5 Å². The normalized spacial score (nSPS) is 10.9. The average Bonchev–Trinajstić information content (AvgIpc) is 0.886. The third-order valence-corrected chi connectivity index (χ3v) is 12.6. The summed E-state index contributed by atoms with van der Waals surface area (Å²) in [6.07, 6.45) is 19.0. The number of halogens is 4. The van der Waals surface area contributed by atoms with Gasteiger partial charge in [-0.25, -0.2) is 50.4 Å². The predicted octanol–water partition coefficient (Wildman–Crippen LogP) is 16.4. The molecule has 123 heavy (non-hydrogen) atoms. The van der Waals surface area contributed by atoms with Crippen LogP contribution in [0.15, 0.2) is 129 Å². The van der Waals surface area contributed by atoms with E-state index in [0.29, 0.717) is 85.7 Å². The number of nitrogen functional groups attached to an aromatic ring is 3. The van der Waals surface area contributed by atoms with Gasteiger partial charge in [-0.2, -0.15) is 16.8 Å². The second-order valence-corrected chi connectivity index (χ2v) is 36.1. The van der Waals surface area contributed by atoms with E-state index in [-0.39, 0.29) is 41.3 Å². The van der Waals surface area contributed by atoms with E-state index in [1.165, 1.54) is 92.6 Å². The van der Waals surface area contributed by atoms with E-state index in [1.54, 1.807) is 168 Å². The number of pyridine rings is 7. The van der Waals surface area contributed by atoms with Crippen LogP contribution in [0.25, 0.3) is 0 Å². The summed E-state index contributed by atoms with van der Waals surface area (Å²) < 4.78 is 149. The van der Waals surface area contributed by atoms with Crippen LogP contribution in [0.1, 0.15) is 194 Å². The van der Waals surface area contributed by atoms with Gasteiger partial charge in [-0.15, -0.1) is 0 Å². The van der Waals surface area contributed by atoms with Crippen LogP contribution in [0.2, 0.25) is 0 Å². The molecule has 12 N–H and O–H groups in total. The summed E-state index contributed by atoms with van der Waals surface area (Å²) in [7, 11) is -5.83. The number of nitrogens with zero attached hydrogens (tertiary/aromatic N) is 7. The van der Waals surface area contributed by atoms with Crippen molar-refractivity contribution in [2.45, 2.75) is 233 Å². The van der Waals surface area contributed by atoms with Gasteiger partial charge in [-0.1, -0.05) is 28.7 Å². The van der Waals surface area contributed by atoms with Gasteiger partial charge in [0, 0.05) is 155 Å². The van der Waals surface area contributed by atoms with Gasteiger partial charge >= 0.3 is 36.7 Å². The molecule has 7 aromatic rings. The highest BCUT2D eigenvalue weighted by molar-refractivity contribution is 8.13. The molecule has 0 unspecified atom stereocenters. The number of aliphatic hydroxyl groups excluding tert-OH is 2. The van der Waals surface area contributed by atoms with E-state index in [9.17, 15) is 67.2 Å². The molecule has 0 saturated carbocycles. The first-order valence-electron chi connectivity index (χ1n) is 36.3. The van der Waals surface area contributed by atoms with Gasteiger partial charge in [0.2, 0.25) is 9.05 Å².